The van der Waals surface area contributed by atoms with Crippen molar-refractivity contribution in [3.05, 3.63) is 63.9 Å². The molecular weight excluding hydrogens is 275 g/mol. The summed E-state index contributed by atoms with van der Waals surface area (Å²) in [5.74, 6) is -1.82. The Labute approximate surface area is 114 Å². The van der Waals surface area contributed by atoms with Crippen LogP contribution in [0.3, 0.4) is 0 Å². The molecule has 0 spiro atoms. The topological polar surface area (TPSA) is 12.0 Å². The molecule has 5 heteroatoms. The van der Waals surface area contributed by atoms with E-state index < -0.39 is 11.6 Å². The molecule has 0 radical (unpaired) electrons. The lowest BCUT2D eigenvalue weighted by molar-refractivity contribution is 0.585. The number of anilines is 1. The van der Waals surface area contributed by atoms with Crippen LogP contribution in [0.1, 0.15) is 11.1 Å². The molecule has 100 valence electrons. The average molecular weight is 286 g/mol. The van der Waals surface area contributed by atoms with Crippen molar-refractivity contribution in [1.29, 1.82) is 0 Å². The first-order chi connectivity index (χ1) is 8.97. The van der Waals surface area contributed by atoms with Crippen LogP contribution < -0.4 is 5.32 Å². The van der Waals surface area contributed by atoms with Crippen molar-refractivity contribution in [2.24, 2.45) is 0 Å². The molecule has 0 aliphatic heterocycles. The van der Waals surface area contributed by atoms with E-state index in [0.717, 1.165) is 23.3 Å². The van der Waals surface area contributed by atoms with Gasteiger partial charge in [-0.15, -0.1) is 0 Å². The number of hydrogen-bond acceptors (Lipinski definition) is 1. The van der Waals surface area contributed by atoms with Crippen LogP contribution in [-0.4, -0.2) is 0 Å². The number of benzene rings is 2. The molecule has 0 heterocycles. The Bertz CT molecular complexity index is 591. The van der Waals surface area contributed by atoms with Gasteiger partial charge in [-0.3, -0.25) is 0 Å². The van der Waals surface area contributed by atoms with E-state index in [1.807, 2.05) is 0 Å². The molecule has 0 aliphatic carbocycles. The molecule has 0 unspecified atom stereocenters. The zero-order valence-electron chi connectivity index (χ0n) is 10.1. The van der Waals surface area contributed by atoms with Gasteiger partial charge >= 0.3 is 0 Å². The van der Waals surface area contributed by atoms with Crippen molar-refractivity contribution in [2.75, 3.05) is 5.32 Å². The Morgan fingerprint density at radius 2 is 1.79 bits per heavy atom. The van der Waals surface area contributed by atoms with Crippen LogP contribution in [-0.2, 0) is 6.54 Å². The minimum absolute atomic E-state index is 0.0303. The zero-order chi connectivity index (χ0) is 14.0. The zero-order valence-corrected chi connectivity index (χ0v) is 10.9. The second-order valence-corrected chi connectivity index (χ2v) is 4.58. The molecule has 2 aromatic rings. The SMILES string of the molecule is Cc1cc(F)ccc1CNc1c(F)cc(F)cc1Cl. The van der Waals surface area contributed by atoms with E-state index in [9.17, 15) is 13.2 Å². The second kappa shape index (κ2) is 5.53. The van der Waals surface area contributed by atoms with Gasteiger partial charge in [0.2, 0.25) is 0 Å². The molecular formula is C14H11ClF3N. The summed E-state index contributed by atoms with van der Waals surface area (Å²) in [6, 6.07) is 6.11. The molecule has 19 heavy (non-hydrogen) atoms. The highest BCUT2D eigenvalue weighted by atomic mass is 35.5. The van der Waals surface area contributed by atoms with Crippen LogP contribution in [0.15, 0.2) is 30.3 Å². The monoisotopic (exact) mass is 285 g/mol. The van der Waals surface area contributed by atoms with Gasteiger partial charge in [-0.05, 0) is 36.2 Å². The normalized spacial score (nSPS) is 10.6. The van der Waals surface area contributed by atoms with E-state index in [4.69, 9.17) is 11.6 Å². The number of rotatable bonds is 3. The minimum Gasteiger partial charge on any atom is -0.377 e. The highest BCUT2D eigenvalue weighted by Crippen LogP contribution is 2.27. The molecule has 0 fully saturated rings. The van der Waals surface area contributed by atoms with Gasteiger partial charge in [0.05, 0.1) is 10.7 Å². The van der Waals surface area contributed by atoms with Crippen molar-refractivity contribution >= 4 is 17.3 Å². The molecule has 0 saturated carbocycles. The van der Waals surface area contributed by atoms with Crippen molar-refractivity contribution in [3.63, 3.8) is 0 Å². The van der Waals surface area contributed by atoms with Gasteiger partial charge in [-0.2, -0.15) is 0 Å². The third-order valence-corrected chi connectivity index (χ3v) is 3.07. The van der Waals surface area contributed by atoms with Crippen LogP contribution in [0.2, 0.25) is 5.02 Å². The van der Waals surface area contributed by atoms with Crippen molar-refractivity contribution < 1.29 is 13.2 Å². The van der Waals surface area contributed by atoms with Crippen LogP contribution >= 0.6 is 11.6 Å². The fourth-order valence-electron chi connectivity index (χ4n) is 1.75. The summed E-state index contributed by atoms with van der Waals surface area (Å²) in [6.45, 7) is 2.02. The molecule has 0 saturated heterocycles. The molecule has 0 bridgehead atoms. The Kier molecular flexibility index (Phi) is 4.00. The fraction of sp³-hybridized carbons (Fsp3) is 0.143. The largest absolute Gasteiger partial charge is 0.377 e. The van der Waals surface area contributed by atoms with E-state index in [0.29, 0.717) is 0 Å². The molecule has 2 rings (SSSR count). The molecule has 2 aromatic carbocycles. The molecule has 0 aliphatic rings. The lowest BCUT2D eigenvalue weighted by Gasteiger charge is -2.11. The number of hydrogen-bond donors (Lipinski definition) is 1. The summed E-state index contributed by atoms with van der Waals surface area (Å²) in [5, 5.41) is 2.76. The van der Waals surface area contributed by atoms with Gasteiger partial charge in [0.25, 0.3) is 0 Å². The summed E-state index contributed by atoms with van der Waals surface area (Å²) in [7, 11) is 0. The van der Waals surface area contributed by atoms with Gasteiger partial charge in [0.1, 0.15) is 11.6 Å². The Balaban J connectivity index is 2.19. The molecule has 0 amide bonds. The first-order valence-corrected chi connectivity index (χ1v) is 5.98. The Morgan fingerprint density at radius 3 is 2.42 bits per heavy atom. The summed E-state index contributed by atoms with van der Waals surface area (Å²) < 4.78 is 39.4. The quantitative estimate of drug-likeness (QED) is 0.863. The van der Waals surface area contributed by atoms with Crippen molar-refractivity contribution in [2.45, 2.75) is 13.5 Å². The Morgan fingerprint density at radius 1 is 1.05 bits per heavy atom. The Hall–Kier alpha value is -1.68. The highest BCUT2D eigenvalue weighted by Gasteiger charge is 2.10. The average Bonchev–Trinajstić information content (AvgIpc) is 2.30. The maximum atomic E-state index is 13.5. The van der Waals surface area contributed by atoms with Crippen molar-refractivity contribution in [3.8, 4) is 0 Å². The van der Waals surface area contributed by atoms with E-state index in [1.54, 1.807) is 13.0 Å². The first kappa shape index (κ1) is 13.7. The van der Waals surface area contributed by atoms with E-state index in [1.165, 1.54) is 12.1 Å². The third kappa shape index (κ3) is 3.20. The van der Waals surface area contributed by atoms with Gasteiger partial charge in [0.15, 0.2) is 5.82 Å². The molecule has 0 atom stereocenters. The number of halogens is 4. The molecule has 0 aromatic heterocycles. The third-order valence-electron chi connectivity index (χ3n) is 2.77. The lowest BCUT2D eigenvalue weighted by Crippen LogP contribution is -2.04. The maximum absolute atomic E-state index is 13.5. The van der Waals surface area contributed by atoms with Crippen LogP contribution in [0.4, 0.5) is 18.9 Å². The maximum Gasteiger partial charge on any atom is 0.150 e. The first-order valence-electron chi connectivity index (χ1n) is 5.61. The predicted octanol–water partition coefficient (Wildman–Crippen LogP) is 4.68. The van der Waals surface area contributed by atoms with Crippen molar-refractivity contribution in [1.82, 2.24) is 0 Å². The number of aryl methyl sites for hydroxylation is 1. The van der Waals surface area contributed by atoms with Gasteiger partial charge in [0, 0.05) is 12.6 Å². The van der Waals surface area contributed by atoms with E-state index >= 15 is 0 Å². The second-order valence-electron chi connectivity index (χ2n) is 4.17. The summed E-state index contributed by atoms with van der Waals surface area (Å²) in [4.78, 5) is 0. The fourth-order valence-corrected chi connectivity index (χ4v) is 2.01. The predicted molar refractivity (Wildman–Crippen MR) is 69.8 cm³/mol. The van der Waals surface area contributed by atoms with E-state index in [-0.39, 0.29) is 23.1 Å². The van der Waals surface area contributed by atoms with Gasteiger partial charge in [-0.25, -0.2) is 13.2 Å². The highest BCUT2D eigenvalue weighted by molar-refractivity contribution is 6.33. The van der Waals surface area contributed by atoms with Crippen LogP contribution in [0.25, 0.3) is 0 Å². The summed E-state index contributed by atoms with van der Waals surface area (Å²) in [5.41, 5.74) is 1.58. The van der Waals surface area contributed by atoms with E-state index in [2.05, 4.69) is 5.32 Å². The van der Waals surface area contributed by atoms with Gasteiger partial charge in [-0.1, -0.05) is 17.7 Å². The van der Waals surface area contributed by atoms with Crippen LogP contribution in [0.5, 0.6) is 0 Å². The molecule has 1 N–H and O–H groups in total. The molecule has 1 nitrogen and oxygen atoms in total. The summed E-state index contributed by atoms with van der Waals surface area (Å²) in [6.07, 6.45) is 0. The van der Waals surface area contributed by atoms with Gasteiger partial charge < -0.3 is 5.32 Å². The smallest absolute Gasteiger partial charge is 0.150 e. The minimum atomic E-state index is -0.759. The lowest BCUT2D eigenvalue weighted by atomic mass is 10.1. The summed E-state index contributed by atoms with van der Waals surface area (Å²) >= 11 is 5.76. The van der Waals surface area contributed by atoms with Crippen LogP contribution in [0, 0.1) is 24.4 Å². The number of nitrogens with one attached hydrogen (secondary N) is 1. The standard InChI is InChI=1S/C14H11ClF3N/c1-8-4-10(16)3-2-9(8)7-19-14-12(15)5-11(17)6-13(14)18/h2-6,19H,7H2,1H3.